The first-order valence-corrected chi connectivity index (χ1v) is 9.04. The minimum absolute atomic E-state index is 0.0267. The van der Waals surface area contributed by atoms with Crippen LogP contribution in [0, 0.1) is 17.2 Å². The van der Waals surface area contributed by atoms with Gasteiger partial charge in [0.15, 0.2) is 0 Å². The topological polar surface area (TPSA) is 52.9 Å². The minimum atomic E-state index is 0.0267. The van der Waals surface area contributed by atoms with Gasteiger partial charge in [0.25, 0.3) is 0 Å². The molecule has 0 spiro atoms. The Labute approximate surface area is 148 Å². The fourth-order valence-electron chi connectivity index (χ4n) is 2.45. The van der Waals surface area contributed by atoms with Crippen LogP contribution in [0.1, 0.15) is 37.4 Å². The van der Waals surface area contributed by atoms with E-state index in [1.54, 1.807) is 12.1 Å². The summed E-state index contributed by atoms with van der Waals surface area (Å²) >= 11 is 1.48. The maximum Gasteiger partial charge on any atom is 0.230 e. The lowest BCUT2D eigenvalue weighted by Crippen LogP contribution is -2.30. The number of nitrogens with one attached hydrogen (secondary N) is 1. The van der Waals surface area contributed by atoms with Crippen molar-refractivity contribution in [3.63, 3.8) is 0 Å². The highest BCUT2D eigenvalue weighted by Crippen LogP contribution is 2.22. The summed E-state index contributed by atoms with van der Waals surface area (Å²) in [5.74, 6) is 0.897. The summed E-state index contributed by atoms with van der Waals surface area (Å²) in [7, 11) is 0. The fraction of sp³-hybridized carbons (Fsp3) is 0.300. The van der Waals surface area contributed by atoms with Crippen LogP contribution >= 0.6 is 11.8 Å². The number of carbonyl (C=O) groups excluding carboxylic acids is 1. The quantitative estimate of drug-likeness (QED) is 0.753. The molecule has 124 valence electrons. The summed E-state index contributed by atoms with van der Waals surface area (Å²) in [6, 6.07) is 19.5. The molecule has 1 unspecified atom stereocenters. The summed E-state index contributed by atoms with van der Waals surface area (Å²) < 4.78 is 0. The van der Waals surface area contributed by atoms with Crippen LogP contribution in [0.3, 0.4) is 0 Å². The molecule has 1 atom stereocenters. The van der Waals surface area contributed by atoms with Gasteiger partial charge in [0, 0.05) is 4.90 Å². The Bertz CT molecular complexity index is 690. The number of thioether (sulfide) groups is 1. The predicted octanol–water partition coefficient (Wildman–Crippen LogP) is 4.55. The number of hydrogen-bond acceptors (Lipinski definition) is 3. The molecule has 2 aromatic rings. The van der Waals surface area contributed by atoms with E-state index in [0.717, 1.165) is 16.9 Å². The summed E-state index contributed by atoms with van der Waals surface area (Å²) in [6.07, 6.45) is 0.914. The molecule has 0 aromatic heterocycles. The number of hydrogen-bond donors (Lipinski definition) is 1. The number of carbonyl (C=O) groups is 1. The van der Waals surface area contributed by atoms with Crippen molar-refractivity contribution in [3.8, 4) is 6.07 Å². The van der Waals surface area contributed by atoms with E-state index >= 15 is 0 Å². The number of nitrogens with zero attached hydrogens (tertiary/aromatic N) is 1. The standard InChI is InChI=1S/C20H22N2OS/c1-15(2)12-19(17-6-4-3-5-7-17)22-20(23)14-24-18-10-8-16(13-21)9-11-18/h3-11,15,19H,12,14H2,1-2H3,(H,22,23). The average Bonchev–Trinajstić information content (AvgIpc) is 2.60. The second kappa shape index (κ2) is 9.14. The zero-order valence-corrected chi connectivity index (χ0v) is 14.8. The van der Waals surface area contributed by atoms with Gasteiger partial charge in [-0.25, -0.2) is 0 Å². The molecular weight excluding hydrogens is 316 g/mol. The molecule has 0 aliphatic rings. The van der Waals surface area contributed by atoms with E-state index in [2.05, 4.69) is 37.4 Å². The average molecular weight is 338 g/mol. The Morgan fingerprint density at radius 3 is 2.38 bits per heavy atom. The van der Waals surface area contributed by atoms with Crippen molar-refractivity contribution in [3.05, 3.63) is 65.7 Å². The molecule has 0 bridgehead atoms. The second-order valence-electron chi connectivity index (χ2n) is 6.09. The van der Waals surface area contributed by atoms with Gasteiger partial charge >= 0.3 is 0 Å². The van der Waals surface area contributed by atoms with Crippen molar-refractivity contribution in [1.82, 2.24) is 5.32 Å². The van der Waals surface area contributed by atoms with E-state index in [1.165, 1.54) is 11.8 Å². The van der Waals surface area contributed by atoms with Crippen LogP contribution < -0.4 is 5.32 Å². The van der Waals surface area contributed by atoms with Gasteiger partial charge in [-0.2, -0.15) is 5.26 Å². The van der Waals surface area contributed by atoms with Gasteiger partial charge in [-0.1, -0.05) is 44.2 Å². The maximum absolute atomic E-state index is 12.3. The largest absolute Gasteiger partial charge is 0.349 e. The van der Waals surface area contributed by atoms with Gasteiger partial charge in [-0.3, -0.25) is 4.79 Å². The van der Waals surface area contributed by atoms with Gasteiger partial charge in [-0.15, -0.1) is 11.8 Å². The predicted molar refractivity (Wildman–Crippen MR) is 98.7 cm³/mol. The molecule has 0 radical (unpaired) electrons. The highest BCUT2D eigenvalue weighted by atomic mass is 32.2. The third-order valence-corrected chi connectivity index (χ3v) is 4.61. The second-order valence-corrected chi connectivity index (χ2v) is 7.13. The molecule has 2 aromatic carbocycles. The molecule has 0 saturated carbocycles. The molecule has 3 nitrogen and oxygen atoms in total. The molecule has 1 N–H and O–H groups in total. The molecule has 0 heterocycles. The van der Waals surface area contributed by atoms with Gasteiger partial charge < -0.3 is 5.32 Å². The highest BCUT2D eigenvalue weighted by Gasteiger charge is 2.16. The molecule has 24 heavy (non-hydrogen) atoms. The van der Waals surface area contributed by atoms with Crippen molar-refractivity contribution in [2.75, 3.05) is 5.75 Å². The third kappa shape index (κ3) is 5.75. The smallest absolute Gasteiger partial charge is 0.230 e. The third-order valence-electron chi connectivity index (χ3n) is 3.60. The summed E-state index contributed by atoms with van der Waals surface area (Å²) in [5.41, 5.74) is 1.77. The lowest BCUT2D eigenvalue weighted by molar-refractivity contribution is -0.119. The summed E-state index contributed by atoms with van der Waals surface area (Å²) in [5, 5.41) is 12.0. The highest BCUT2D eigenvalue weighted by molar-refractivity contribution is 8.00. The van der Waals surface area contributed by atoms with E-state index < -0.39 is 0 Å². The Balaban J connectivity index is 1.93. The monoisotopic (exact) mass is 338 g/mol. The van der Waals surface area contributed by atoms with Crippen molar-refractivity contribution in [2.24, 2.45) is 5.92 Å². The summed E-state index contributed by atoms with van der Waals surface area (Å²) in [6.45, 7) is 4.32. The molecule has 0 aliphatic carbocycles. The van der Waals surface area contributed by atoms with Gasteiger partial charge in [0.05, 0.1) is 23.4 Å². The maximum atomic E-state index is 12.3. The number of benzene rings is 2. The molecular formula is C20H22N2OS. The first-order chi connectivity index (χ1) is 11.6. The first kappa shape index (κ1) is 18.1. The molecule has 1 amide bonds. The first-order valence-electron chi connectivity index (χ1n) is 8.05. The number of amides is 1. The Morgan fingerprint density at radius 1 is 1.12 bits per heavy atom. The lowest BCUT2D eigenvalue weighted by Gasteiger charge is -2.21. The lowest BCUT2D eigenvalue weighted by atomic mass is 9.97. The van der Waals surface area contributed by atoms with Crippen LogP contribution in [-0.4, -0.2) is 11.7 Å². The van der Waals surface area contributed by atoms with Crippen molar-refractivity contribution >= 4 is 17.7 Å². The van der Waals surface area contributed by atoms with E-state index in [1.807, 2.05) is 30.3 Å². The van der Waals surface area contributed by atoms with Crippen LogP contribution in [-0.2, 0) is 4.79 Å². The van der Waals surface area contributed by atoms with E-state index in [4.69, 9.17) is 5.26 Å². The van der Waals surface area contributed by atoms with E-state index in [-0.39, 0.29) is 11.9 Å². The molecule has 2 rings (SSSR count). The normalized spacial score (nSPS) is 11.8. The molecule has 0 saturated heterocycles. The zero-order valence-electron chi connectivity index (χ0n) is 14.0. The van der Waals surface area contributed by atoms with Crippen LogP contribution in [0.25, 0.3) is 0 Å². The Morgan fingerprint density at radius 2 is 1.79 bits per heavy atom. The van der Waals surface area contributed by atoms with Crippen LogP contribution in [0.5, 0.6) is 0 Å². The molecule has 4 heteroatoms. The Kier molecular flexibility index (Phi) is 6.89. The van der Waals surface area contributed by atoms with Gasteiger partial charge in [0.2, 0.25) is 5.91 Å². The summed E-state index contributed by atoms with van der Waals surface area (Å²) in [4.78, 5) is 13.3. The van der Waals surface area contributed by atoms with Crippen LogP contribution in [0.15, 0.2) is 59.5 Å². The SMILES string of the molecule is CC(C)CC(NC(=O)CSc1ccc(C#N)cc1)c1ccccc1. The number of rotatable bonds is 7. The minimum Gasteiger partial charge on any atom is -0.349 e. The van der Waals surface area contributed by atoms with Gasteiger partial charge in [0.1, 0.15) is 0 Å². The molecule has 0 aliphatic heterocycles. The molecule has 0 fully saturated rings. The van der Waals surface area contributed by atoms with Crippen molar-refractivity contribution < 1.29 is 4.79 Å². The number of nitriles is 1. The van der Waals surface area contributed by atoms with Gasteiger partial charge in [-0.05, 0) is 42.2 Å². The van der Waals surface area contributed by atoms with Crippen LogP contribution in [0.4, 0.5) is 0 Å². The fourth-order valence-corrected chi connectivity index (χ4v) is 3.16. The van der Waals surface area contributed by atoms with E-state index in [0.29, 0.717) is 17.2 Å². The zero-order chi connectivity index (χ0) is 17.4. The van der Waals surface area contributed by atoms with Crippen molar-refractivity contribution in [1.29, 1.82) is 5.26 Å². The van der Waals surface area contributed by atoms with Crippen molar-refractivity contribution in [2.45, 2.75) is 31.2 Å². The van der Waals surface area contributed by atoms with Crippen LogP contribution in [0.2, 0.25) is 0 Å². The van der Waals surface area contributed by atoms with E-state index in [9.17, 15) is 4.79 Å². The Hall–Kier alpha value is -2.25.